The molecule has 160 valence electrons. The third-order valence-electron chi connectivity index (χ3n) is 5.91. The van der Waals surface area contributed by atoms with Gasteiger partial charge in [0.25, 0.3) is 17.5 Å². The number of nitrogens with zero attached hydrogens (tertiary/aromatic N) is 3. The summed E-state index contributed by atoms with van der Waals surface area (Å²) in [5.74, 6) is -1.44. The summed E-state index contributed by atoms with van der Waals surface area (Å²) in [6, 6.07) is 6.47. The highest BCUT2D eigenvalue weighted by atomic mass is 16.6. The Labute approximate surface area is 178 Å². The minimum absolute atomic E-state index is 0.0636. The van der Waals surface area contributed by atoms with Gasteiger partial charge in [0.1, 0.15) is 17.4 Å². The van der Waals surface area contributed by atoms with E-state index in [2.05, 4.69) is 0 Å². The van der Waals surface area contributed by atoms with Gasteiger partial charge < -0.3 is 9.64 Å². The molecule has 0 saturated carbocycles. The van der Waals surface area contributed by atoms with Crippen molar-refractivity contribution < 1.29 is 24.0 Å². The minimum atomic E-state index is -1.14. The molecule has 4 rings (SSSR count). The Morgan fingerprint density at radius 3 is 2.61 bits per heavy atom. The van der Waals surface area contributed by atoms with E-state index in [1.165, 1.54) is 32.2 Å². The van der Waals surface area contributed by atoms with Gasteiger partial charge in [0.15, 0.2) is 0 Å². The van der Waals surface area contributed by atoms with Crippen molar-refractivity contribution in [3.8, 4) is 5.75 Å². The van der Waals surface area contributed by atoms with Crippen molar-refractivity contribution in [3.05, 3.63) is 62.7 Å². The molecule has 3 amide bonds. The number of hydrogen-bond acceptors (Lipinski definition) is 6. The summed E-state index contributed by atoms with van der Waals surface area (Å²) in [7, 11) is 1.52. The van der Waals surface area contributed by atoms with Crippen LogP contribution in [0.5, 0.6) is 5.75 Å². The van der Waals surface area contributed by atoms with Gasteiger partial charge in [-0.2, -0.15) is 0 Å². The Morgan fingerprint density at radius 1 is 1.19 bits per heavy atom. The number of ether oxygens (including phenoxy) is 1. The Morgan fingerprint density at radius 2 is 1.94 bits per heavy atom. The molecule has 0 aliphatic carbocycles. The van der Waals surface area contributed by atoms with E-state index < -0.39 is 34.4 Å². The molecule has 9 heteroatoms. The second-order valence-electron chi connectivity index (χ2n) is 7.62. The molecule has 2 aromatic rings. The molecular formula is C22H21N3O6. The zero-order valence-electron chi connectivity index (χ0n) is 17.4. The lowest BCUT2D eigenvalue weighted by Gasteiger charge is -2.35. The molecule has 0 fully saturated rings. The van der Waals surface area contributed by atoms with E-state index in [0.29, 0.717) is 18.0 Å². The normalized spacial score (nSPS) is 16.1. The van der Waals surface area contributed by atoms with Crippen molar-refractivity contribution in [2.75, 3.05) is 18.6 Å². The van der Waals surface area contributed by atoms with E-state index in [-0.39, 0.29) is 11.1 Å². The highest BCUT2D eigenvalue weighted by molar-refractivity contribution is 6.25. The van der Waals surface area contributed by atoms with Gasteiger partial charge in [-0.25, -0.2) is 0 Å². The molecule has 0 bridgehead atoms. The highest BCUT2D eigenvalue weighted by Gasteiger charge is 2.46. The topological polar surface area (TPSA) is 110 Å². The average molecular weight is 423 g/mol. The zero-order valence-corrected chi connectivity index (χ0v) is 17.4. The number of methoxy groups -OCH3 is 1. The number of carbonyl (C=O) groups is 3. The predicted molar refractivity (Wildman–Crippen MR) is 111 cm³/mol. The van der Waals surface area contributed by atoms with Crippen LogP contribution in [0.25, 0.3) is 0 Å². The summed E-state index contributed by atoms with van der Waals surface area (Å²) < 4.78 is 5.47. The number of rotatable bonds is 4. The fourth-order valence-electron chi connectivity index (χ4n) is 4.36. The number of aryl methyl sites for hydroxylation is 1. The van der Waals surface area contributed by atoms with Crippen LogP contribution in [0, 0.1) is 17.0 Å². The van der Waals surface area contributed by atoms with E-state index >= 15 is 0 Å². The largest absolute Gasteiger partial charge is 0.495 e. The number of carbonyl (C=O) groups excluding carboxylic acids is 3. The van der Waals surface area contributed by atoms with E-state index in [4.69, 9.17) is 4.74 Å². The van der Waals surface area contributed by atoms with Crippen LogP contribution < -0.4 is 9.64 Å². The maximum atomic E-state index is 13.5. The first kappa shape index (κ1) is 20.5. The third-order valence-corrected chi connectivity index (χ3v) is 5.91. The molecule has 9 nitrogen and oxygen atoms in total. The molecule has 2 aliphatic heterocycles. The van der Waals surface area contributed by atoms with Crippen LogP contribution in [0.2, 0.25) is 0 Å². The first-order valence-corrected chi connectivity index (χ1v) is 9.91. The van der Waals surface area contributed by atoms with Gasteiger partial charge in [0, 0.05) is 12.6 Å². The lowest BCUT2D eigenvalue weighted by atomic mass is 9.95. The van der Waals surface area contributed by atoms with Gasteiger partial charge in [-0.1, -0.05) is 12.1 Å². The third kappa shape index (κ3) is 3.04. The number of benzene rings is 2. The van der Waals surface area contributed by atoms with Gasteiger partial charge in [0.2, 0.25) is 5.91 Å². The summed E-state index contributed by atoms with van der Waals surface area (Å²) in [4.78, 5) is 52.4. The van der Waals surface area contributed by atoms with Gasteiger partial charge in [0.05, 0.1) is 23.3 Å². The van der Waals surface area contributed by atoms with Crippen LogP contribution in [0.3, 0.4) is 0 Å². The molecule has 0 aromatic heterocycles. The Balaban J connectivity index is 1.72. The molecule has 0 radical (unpaired) electrons. The Bertz CT molecular complexity index is 1140. The van der Waals surface area contributed by atoms with E-state index in [1.807, 2.05) is 13.0 Å². The lowest BCUT2D eigenvalue weighted by Crippen LogP contribution is -2.51. The quantitative estimate of drug-likeness (QED) is 0.425. The lowest BCUT2D eigenvalue weighted by molar-refractivity contribution is -0.385. The van der Waals surface area contributed by atoms with Gasteiger partial charge in [-0.05, 0) is 49.9 Å². The van der Waals surface area contributed by atoms with Crippen molar-refractivity contribution in [1.29, 1.82) is 0 Å². The first-order valence-electron chi connectivity index (χ1n) is 9.91. The average Bonchev–Trinajstić information content (AvgIpc) is 3.03. The maximum Gasteiger partial charge on any atom is 0.282 e. The highest BCUT2D eigenvalue weighted by Crippen LogP contribution is 2.39. The molecular weight excluding hydrogens is 402 g/mol. The number of amides is 3. The van der Waals surface area contributed by atoms with Crippen LogP contribution >= 0.6 is 0 Å². The number of nitro benzene ring substituents is 1. The molecule has 1 atom stereocenters. The zero-order chi connectivity index (χ0) is 22.4. The predicted octanol–water partition coefficient (Wildman–Crippen LogP) is 2.88. The van der Waals surface area contributed by atoms with Crippen molar-refractivity contribution >= 4 is 29.1 Å². The van der Waals surface area contributed by atoms with Crippen molar-refractivity contribution in [2.24, 2.45) is 0 Å². The van der Waals surface area contributed by atoms with Gasteiger partial charge in [-0.3, -0.25) is 29.4 Å². The van der Waals surface area contributed by atoms with Crippen LogP contribution in [0.15, 0.2) is 30.3 Å². The summed E-state index contributed by atoms with van der Waals surface area (Å²) in [5.41, 5.74) is 1.88. The summed E-state index contributed by atoms with van der Waals surface area (Å²) >= 11 is 0. The number of imide groups is 1. The maximum absolute atomic E-state index is 13.5. The summed E-state index contributed by atoms with van der Waals surface area (Å²) in [6.07, 6.45) is 1.52. The number of hydrogen-bond donors (Lipinski definition) is 0. The monoisotopic (exact) mass is 423 g/mol. The van der Waals surface area contributed by atoms with E-state index in [1.54, 1.807) is 11.0 Å². The van der Waals surface area contributed by atoms with E-state index in [0.717, 1.165) is 28.9 Å². The molecule has 2 heterocycles. The molecule has 1 unspecified atom stereocenters. The summed E-state index contributed by atoms with van der Waals surface area (Å²) in [6.45, 7) is 3.84. The Hall–Kier alpha value is -3.75. The van der Waals surface area contributed by atoms with Crippen LogP contribution in [-0.2, 0) is 11.2 Å². The molecule has 2 aliphatic rings. The number of nitro groups is 1. The minimum Gasteiger partial charge on any atom is -0.495 e. The van der Waals surface area contributed by atoms with Crippen LogP contribution in [0.1, 0.15) is 45.2 Å². The molecule has 2 aromatic carbocycles. The smallest absolute Gasteiger partial charge is 0.282 e. The molecule has 0 spiro atoms. The van der Waals surface area contributed by atoms with Gasteiger partial charge in [-0.15, -0.1) is 0 Å². The molecule has 31 heavy (non-hydrogen) atoms. The SMILES string of the molecule is COc1ccc(C)c2c1N(C(=O)C(C)N1C(=O)c3cccc([N+](=O)[O-])c3C1=O)CCC2. The molecule has 0 N–H and O–H groups in total. The summed E-state index contributed by atoms with van der Waals surface area (Å²) in [5, 5.41) is 11.3. The fraction of sp³-hybridized carbons (Fsp3) is 0.318. The number of anilines is 1. The second-order valence-corrected chi connectivity index (χ2v) is 7.62. The second kappa shape index (κ2) is 7.50. The Kier molecular flexibility index (Phi) is 4.96. The van der Waals surface area contributed by atoms with Crippen LogP contribution in [0.4, 0.5) is 11.4 Å². The van der Waals surface area contributed by atoms with Gasteiger partial charge >= 0.3 is 0 Å². The van der Waals surface area contributed by atoms with Crippen LogP contribution in [-0.4, -0.2) is 47.2 Å². The van der Waals surface area contributed by atoms with E-state index in [9.17, 15) is 24.5 Å². The fourth-order valence-corrected chi connectivity index (χ4v) is 4.36. The standard InChI is InChI=1S/C22H21N3O6/c1-12-9-10-17(31-3)19-14(12)7-5-11-23(19)20(26)13(2)24-21(27)15-6-4-8-16(25(29)30)18(15)22(24)28/h4,6,8-10,13H,5,7,11H2,1-3H3. The molecule has 0 saturated heterocycles. The van der Waals surface area contributed by atoms with Crippen molar-refractivity contribution in [1.82, 2.24) is 4.90 Å². The first-order chi connectivity index (χ1) is 14.8. The van der Waals surface area contributed by atoms with Crippen molar-refractivity contribution in [3.63, 3.8) is 0 Å². The number of fused-ring (bicyclic) bond motifs is 2. The van der Waals surface area contributed by atoms with Crippen molar-refractivity contribution in [2.45, 2.75) is 32.7 Å².